The highest BCUT2D eigenvalue weighted by atomic mass is 16.5. The first kappa shape index (κ1) is 18.2. The highest BCUT2D eigenvalue weighted by Crippen LogP contribution is 2.25. The summed E-state index contributed by atoms with van der Waals surface area (Å²) in [5, 5.41) is 16.4. The maximum Gasteiger partial charge on any atom is 0.335 e. The van der Waals surface area contributed by atoms with Gasteiger partial charge < -0.3 is 15.2 Å². The molecule has 0 aliphatic rings. The standard InChI is InChI=1S/C20H19N3O4/c1-13(2)27-17-12-21-23(16-9-4-3-5-10-16)19(24)18(17)22-15-8-6-7-14(11-15)20(25)26/h3-13,22H,1-2H3,(H,25,26). The number of nitrogens with zero attached hydrogens (tertiary/aromatic N) is 2. The molecule has 2 N–H and O–H groups in total. The van der Waals surface area contributed by atoms with Crippen molar-refractivity contribution in [2.45, 2.75) is 20.0 Å². The van der Waals surface area contributed by atoms with Crippen molar-refractivity contribution in [1.29, 1.82) is 0 Å². The van der Waals surface area contributed by atoms with Crippen LogP contribution in [-0.4, -0.2) is 27.0 Å². The number of hydrogen-bond acceptors (Lipinski definition) is 5. The Morgan fingerprint density at radius 1 is 1.15 bits per heavy atom. The first-order valence-electron chi connectivity index (χ1n) is 8.40. The predicted molar refractivity (Wildman–Crippen MR) is 102 cm³/mol. The molecule has 3 aromatic rings. The van der Waals surface area contributed by atoms with Crippen LogP contribution in [0.2, 0.25) is 0 Å². The molecular weight excluding hydrogens is 346 g/mol. The van der Waals surface area contributed by atoms with Gasteiger partial charge in [0.1, 0.15) is 0 Å². The van der Waals surface area contributed by atoms with Gasteiger partial charge in [0, 0.05) is 5.69 Å². The largest absolute Gasteiger partial charge is 0.487 e. The molecular formula is C20H19N3O4. The van der Waals surface area contributed by atoms with Crippen molar-refractivity contribution >= 4 is 17.3 Å². The Hall–Kier alpha value is -3.61. The molecule has 0 aliphatic carbocycles. The second kappa shape index (κ2) is 7.74. The molecule has 0 saturated heterocycles. The monoisotopic (exact) mass is 365 g/mol. The van der Waals surface area contributed by atoms with Gasteiger partial charge in [0.15, 0.2) is 11.4 Å². The van der Waals surface area contributed by atoms with E-state index in [1.807, 2.05) is 32.0 Å². The average molecular weight is 365 g/mol. The smallest absolute Gasteiger partial charge is 0.335 e. The molecule has 138 valence electrons. The Morgan fingerprint density at radius 3 is 2.56 bits per heavy atom. The summed E-state index contributed by atoms with van der Waals surface area (Å²) >= 11 is 0. The van der Waals surface area contributed by atoms with E-state index in [9.17, 15) is 9.59 Å². The van der Waals surface area contributed by atoms with E-state index in [1.165, 1.54) is 23.0 Å². The molecule has 1 aromatic heterocycles. The fourth-order valence-corrected chi connectivity index (χ4v) is 2.52. The lowest BCUT2D eigenvalue weighted by Crippen LogP contribution is -2.25. The minimum atomic E-state index is -1.05. The Kier molecular flexibility index (Phi) is 5.21. The quantitative estimate of drug-likeness (QED) is 0.695. The van der Waals surface area contributed by atoms with Gasteiger partial charge in [0.25, 0.3) is 5.56 Å². The summed E-state index contributed by atoms with van der Waals surface area (Å²) in [6, 6.07) is 15.2. The lowest BCUT2D eigenvalue weighted by Gasteiger charge is -2.16. The van der Waals surface area contributed by atoms with E-state index in [0.717, 1.165) is 0 Å². The van der Waals surface area contributed by atoms with E-state index in [0.29, 0.717) is 17.1 Å². The van der Waals surface area contributed by atoms with Crippen LogP contribution in [0.5, 0.6) is 5.75 Å². The fourth-order valence-electron chi connectivity index (χ4n) is 2.52. The van der Waals surface area contributed by atoms with Crippen LogP contribution in [0.4, 0.5) is 11.4 Å². The van der Waals surface area contributed by atoms with E-state index < -0.39 is 11.5 Å². The molecule has 0 atom stereocenters. The third-order valence-electron chi connectivity index (χ3n) is 3.69. The minimum absolute atomic E-state index is 0.115. The molecule has 2 aromatic carbocycles. The normalized spacial score (nSPS) is 10.6. The molecule has 0 radical (unpaired) electrons. The highest BCUT2D eigenvalue weighted by molar-refractivity contribution is 5.89. The molecule has 0 amide bonds. The third kappa shape index (κ3) is 4.14. The van der Waals surface area contributed by atoms with Crippen LogP contribution in [0, 0.1) is 0 Å². The van der Waals surface area contributed by atoms with Crippen LogP contribution in [0.25, 0.3) is 5.69 Å². The number of benzene rings is 2. The van der Waals surface area contributed by atoms with E-state index in [4.69, 9.17) is 9.84 Å². The molecule has 27 heavy (non-hydrogen) atoms. The maximum absolute atomic E-state index is 13.0. The number of para-hydroxylation sites is 1. The van der Waals surface area contributed by atoms with E-state index >= 15 is 0 Å². The zero-order chi connectivity index (χ0) is 19.4. The maximum atomic E-state index is 13.0. The van der Waals surface area contributed by atoms with E-state index in [-0.39, 0.29) is 17.4 Å². The van der Waals surface area contributed by atoms with Crippen LogP contribution in [-0.2, 0) is 0 Å². The first-order chi connectivity index (χ1) is 13.0. The number of aromatic nitrogens is 2. The Bertz CT molecular complexity index is 1010. The summed E-state index contributed by atoms with van der Waals surface area (Å²) in [6.07, 6.45) is 1.31. The SMILES string of the molecule is CC(C)Oc1cnn(-c2ccccc2)c(=O)c1Nc1cccc(C(=O)O)c1. The van der Waals surface area contributed by atoms with Crippen LogP contribution < -0.4 is 15.6 Å². The van der Waals surface area contributed by atoms with Crippen molar-refractivity contribution in [2.24, 2.45) is 0 Å². The van der Waals surface area contributed by atoms with Crippen molar-refractivity contribution in [1.82, 2.24) is 9.78 Å². The van der Waals surface area contributed by atoms with Gasteiger partial charge in [-0.25, -0.2) is 4.79 Å². The zero-order valence-corrected chi connectivity index (χ0v) is 14.9. The van der Waals surface area contributed by atoms with Crippen LogP contribution in [0.15, 0.2) is 65.6 Å². The molecule has 0 fully saturated rings. The number of rotatable bonds is 6. The van der Waals surface area contributed by atoms with Crippen molar-refractivity contribution in [2.75, 3.05) is 5.32 Å². The molecule has 0 bridgehead atoms. The second-order valence-corrected chi connectivity index (χ2v) is 6.11. The Labute approximate surface area is 155 Å². The molecule has 7 heteroatoms. The lowest BCUT2D eigenvalue weighted by molar-refractivity contribution is 0.0697. The number of carbonyl (C=O) groups is 1. The van der Waals surface area contributed by atoms with E-state index in [2.05, 4.69) is 10.4 Å². The number of carboxylic acid groups (broad SMARTS) is 1. The predicted octanol–water partition coefficient (Wildman–Crippen LogP) is 3.46. The molecule has 3 rings (SSSR count). The number of carboxylic acids is 1. The summed E-state index contributed by atoms with van der Waals surface area (Å²) in [7, 11) is 0. The summed E-state index contributed by atoms with van der Waals surface area (Å²) in [6.45, 7) is 3.69. The van der Waals surface area contributed by atoms with Crippen molar-refractivity contribution in [3.05, 3.63) is 76.7 Å². The van der Waals surface area contributed by atoms with Gasteiger partial charge in [0.2, 0.25) is 0 Å². The van der Waals surface area contributed by atoms with E-state index in [1.54, 1.807) is 24.3 Å². The molecule has 7 nitrogen and oxygen atoms in total. The van der Waals surface area contributed by atoms with Crippen molar-refractivity contribution in [3.63, 3.8) is 0 Å². The topological polar surface area (TPSA) is 93.5 Å². The number of hydrogen-bond donors (Lipinski definition) is 2. The zero-order valence-electron chi connectivity index (χ0n) is 14.9. The Morgan fingerprint density at radius 2 is 1.89 bits per heavy atom. The van der Waals surface area contributed by atoms with Gasteiger partial charge in [-0.2, -0.15) is 9.78 Å². The van der Waals surface area contributed by atoms with Gasteiger partial charge in [-0.3, -0.25) is 4.79 Å². The second-order valence-electron chi connectivity index (χ2n) is 6.11. The Balaban J connectivity index is 2.09. The van der Waals surface area contributed by atoms with Crippen molar-refractivity contribution in [3.8, 4) is 11.4 Å². The molecule has 0 saturated carbocycles. The fraction of sp³-hybridized carbons (Fsp3) is 0.150. The molecule has 0 spiro atoms. The number of ether oxygens (including phenoxy) is 1. The number of nitrogens with one attached hydrogen (secondary N) is 1. The minimum Gasteiger partial charge on any atom is -0.487 e. The lowest BCUT2D eigenvalue weighted by atomic mass is 10.2. The molecule has 0 aliphatic heterocycles. The highest BCUT2D eigenvalue weighted by Gasteiger charge is 2.16. The molecule has 0 unspecified atom stereocenters. The summed E-state index contributed by atoms with van der Waals surface area (Å²) in [5.41, 5.74) is 0.973. The van der Waals surface area contributed by atoms with Crippen molar-refractivity contribution < 1.29 is 14.6 Å². The van der Waals surface area contributed by atoms with Crippen LogP contribution in [0.3, 0.4) is 0 Å². The first-order valence-corrected chi connectivity index (χ1v) is 8.40. The number of anilines is 2. The van der Waals surface area contributed by atoms with Gasteiger partial charge in [-0.1, -0.05) is 24.3 Å². The van der Waals surface area contributed by atoms with Gasteiger partial charge >= 0.3 is 5.97 Å². The molecule has 1 heterocycles. The van der Waals surface area contributed by atoms with Crippen LogP contribution >= 0.6 is 0 Å². The summed E-state index contributed by atoms with van der Waals surface area (Å²) < 4.78 is 6.97. The van der Waals surface area contributed by atoms with Gasteiger partial charge in [0.05, 0.1) is 23.6 Å². The summed E-state index contributed by atoms with van der Waals surface area (Å²) in [4.78, 5) is 24.2. The number of aromatic carboxylic acids is 1. The average Bonchev–Trinajstić information content (AvgIpc) is 2.65. The van der Waals surface area contributed by atoms with Crippen LogP contribution in [0.1, 0.15) is 24.2 Å². The van der Waals surface area contributed by atoms with Gasteiger partial charge in [-0.05, 0) is 44.2 Å². The van der Waals surface area contributed by atoms with Gasteiger partial charge in [-0.15, -0.1) is 0 Å². The third-order valence-corrected chi connectivity index (χ3v) is 3.69. The summed E-state index contributed by atoms with van der Waals surface area (Å²) in [5.74, 6) is -0.753.